The number of halogens is 2. The van der Waals surface area contributed by atoms with Crippen LogP contribution in [0.2, 0.25) is 5.02 Å². The van der Waals surface area contributed by atoms with Crippen molar-refractivity contribution in [2.75, 3.05) is 13.2 Å². The number of amides is 1. The van der Waals surface area contributed by atoms with Crippen LogP contribution in [0, 0.1) is 12.7 Å². The van der Waals surface area contributed by atoms with E-state index in [0.717, 1.165) is 5.39 Å². The second-order valence-electron chi connectivity index (χ2n) is 11.1. The van der Waals surface area contributed by atoms with Crippen molar-refractivity contribution < 1.29 is 27.1 Å². The Morgan fingerprint density at radius 3 is 2.47 bits per heavy atom. The number of carbonyl (C=O) groups is 1. The number of aryl methyl sites for hydroxylation is 1. The van der Waals surface area contributed by atoms with Crippen LogP contribution in [0.1, 0.15) is 43.4 Å². The number of aromatic amines is 1. The highest BCUT2D eigenvalue weighted by atomic mass is 35.5. The van der Waals surface area contributed by atoms with Crippen LogP contribution in [0.3, 0.4) is 0 Å². The van der Waals surface area contributed by atoms with Gasteiger partial charge in [-0.05, 0) is 75.1 Å². The lowest BCUT2D eigenvalue weighted by Crippen LogP contribution is -2.40. The average Bonchev–Trinajstić information content (AvgIpc) is 3.72. The minimum atomic E-state index is -4.15. The van der Waals surface area contributed by atoms with Gasteiger partial charge in [-0.15, -0.1) is 0 Å². The largest absolute Gasteiger partial charge is 0.492 e. The Hall–Kier alpha value is -4.35. The Kier molecular flexibility index (Phi) is 7.86. The smallest absolute Gasteiger partial charge is 0.266 e. The van der Waals surface area contributed by atoms with E-state index in [1.165, 1.54) is 22.8 Å². The van der Waals surface area contributed by atoms with Crippen LogP contribution in [0.4, 0.5) is 4.39 Å². The quantitative estimate of drug-likeness (QED) is 0.190. The summed E-state index contributed by atoms with van der Waals surface area (Å²) in [5, 5.41) is 1.76. The van der Waals surface area contributed by atoms with Crippen LogP contribution in [-0.2, 0) is 26.0 Å². The molecule has 0 saturated heterocycles. The highest BCUT2D eigenvalue weighted by Crippen LogP contribution is 2.51. The first-order chi connectivity index (χ1) is 21.5. The van der Waals surface area contributed by atoms with Crippen molar-refractivity contribution >= 4 is 49.2 Å². The number of aromatic nitrogens is 2. The number of sulfonamides is 1. The molecule has 9 nitrogen and oxygen atoms in total. The molecule has 1 saturated carbocycles. The maximum absolute atomic E-state index is 14.6. The number of hydrogen-bond acceptors (Lipinski definition) is 6. The van der Waals surface area contributed by atoms with Gasteiger partial charge in [-0.2, -0.15) is 0 Å². The van der Waals surface area contributed by atoms with Gasteiger partial charge in [0.15, 0.2) is 5.75 Å². The monoisotopic (exact) mass is 651 g/mol. The van der Waals surface area contributed by atoms with E-state index in [0.29, 0.717) is 57.8 Å². The van der Waals surface area contributed by atoms with E-state index in [1.807, 2.05) is 26.0 Å². The van der Waals surface area contributed by atoms with Gasteiger partial charge >= 0.3 is 0 Å². The van der Waals surface area contributed by atoms with E-state index in [1.54, 1.807) is 37.5 Å². The lowest BCUT2D eigenvalue weighted by molar-refractivity contribution is -0.121. The fraction of sp³-hybridized carbons (Fsp3) is 0.273. The zero-order valence-corrected chi connectivity index (χ0v) is 26.4. The second-order valence-corrected chi connectivity index (χ2v) is 13.2. The van der Waals surface area contributed by atoms with E-state index in [4.69, 9.17) is 21.1 Å². The van der Waals surface area contributed by atoms with Crippen molar-refractivity contribution in [3.63, 3.8) is 0 Å². The fourth-order valence-corrected chi connectivity index (χ4v) is 7.49. The van der Waals surface area contributed by atoms with Crippen LogP contribution in [0.5, 0.6) is 11.5 Å². The Labute approximate surface area is 264 Å². The van der Waals surface area contributed by atoms with Crippen molar-refractivity contribution in [1.82, 2.24) is 14.3 Å². The van der Waals surface area contributed by atoms with E-state index < -0.39 is 32.9 Å². The van der Waals surface area contributed by atoms with E-state index in [2.05, 4.69) is 9.71 Å². The van der Waals surface area contributed by atoms with Crippen molar-refractivity contribution in [2.24, 2.45) is 0 Å². The van der Waals surface area contributed by atoms with Crippen molar-refractivity contribution in [3.05, 3.63) is 98.8 Å². The van der Waals surface area contributed by atoms with Crippen LogP contribution in [0.15, 0.2) is 65.7 Å². The average molecular weight is 652 g/mol. The number of carbonyl (C=O) groups excluding carboxylic acids is 1. The van der Waals surface area contributed by atoms with Gasteiger partial charge in [0.25, 0.3) is 5.56 Å². The predicted molar refractivity (Wildman–Crippen MR) is 172 cm³/mol. The normalized spacial score (nSPS) is 14.1. The molecule has 1 amide bonds. The molecule has 0 aliphatic heterocycles. The highest BCUT2D eigenvalue weighted by Gasteiger charge is 2.54. The first-order valence-corrected chi connectivity index (χ1v) is 16.6. The summed E-state index contributed by atoms with van der Waals surface area (Å²) in [7, 11) is -4.15. The molecule has 0 bridgehead atoms. The number of ether oxygens (including phenoxy) is 2. The van der Waals surface area contributed by atoms with Crippen LogP contribution in [0.25, 0.3) is 27.4 Å². The standard InChI is InChI=1S/C33H31ClFN3O6S/c1-4-43-29-21-8-7-15-36-28(21)30(44-5-2)22-17-38(31(39)26(22)29)25-12-11-20(16-19(25)3)18-45(41,42)37-32(40)33(13-14-33)27-23(34)9-6-10-24(27)35/h6-12,15-17,36H,4-5,13-14,18H2,1-3H3,(H,37,40). The van der Waals surface area contributed by atoms with Gasteiger partial charge in [0.05, 0.1) is 46.4 Å². The van der Waals surface area contributed by atoms with Gasteiger partial charge in [-0.3, -0.25) is 18.9 Å². The lowest BCUT2D eigenvalue weighted by Gasteiger charge is -2.18. The molecule has 1 aliphatic carbocycles. The maximum Gasteiger partial charge on any atom is 0.266 e. The molecule has 0 spiro atoms. The summed E-state index contributed by atoms with van der Waals surface area (Å²) in [6.45, 7) is 6.22. The Morgan fingerprint density at radius 2 is 1.80 bits per heavy atom. The number of H-pyrrole nitrogens is 1. The van der Waals surface area contributed by atoms with Crippen molar-refractivity contribution in [1.29, 1.82) is 0 Å². The maximum atomic E-state index is 14.6. The van der Waals surface area contributed by atoms with E-state index in [-0.39, 0.29) is 29.0 Å². The Balaban J connectivity index is 1.33. The molecule has 0 atom stereocenters. The molecule has 1 fully saturated rings. The summed E-state index contributed by atoms with van der Waals surface area (Å²) in [6, 6.07) is 12.7. The van der Waals surface area contributed by atoms with Gasteiger partial charge in [0, 0.05) is 28.4 Å². The van der Waals surface area contributed by atoms with E-state index in [9.17, 15) is 22.4 Å². The second kappa shape index (κ2) is 11.5. The summed E-state index contributed by atoms with van der Waals surface area (Å²) in [5.74, 6) is -0.973. The zero-order chi connectivity index (χ0) is 32.1. The summed E-state index contributed by atoms with van der Waals surface area (Å²) in [5.41, 5.74) is 0.673. The minimum Gasteiger partial charge on any atom is -0.492 e. The molecule has 2 N–H and O–H groups in total. The Bertz CT molecular complexity index is 2130. The minimum absolute atomic E-state index is 0.0119. The SMILES string of the molecule is CCOc1c2cn(-c3ccc(CS(=O)(=O)NC(=O)C4(c5c(F)cccc5Cl)CC4)cc3C)c(=O)c2c(OCC)c2ccc[nH]c12. The summed E-state index contributed by atoms with van der Waals surface area (Å²) >= 11 is 6.19. The summed E-state index contributed by atoms with van der Waals surface area (Å²) in [6.07, 6.45) is 4.05. The van der Waals surface area contributed by atoms with Crippen molar-refractivity contribution in [3.8, 4) is 17.2 Å². The van der Waals surface area contributed by atoms with Crippen LogP contribution < -0.4 is 19.8 Å². The molecule has 234 valence electrons. The molecule has 2 heterocycles. The topological polar surface area (TPSA) is 119 Å². The van der Waals surface area contributed by atoms with E-state index >= 15 is 0 Å². The third-order valence-electron chi connectivity index (χ3n) is 8.09. The number of rotatable bonds is 10. The molecular weight excluding hydrogens is 621 g/mol. The molecular formula is C33H31ClFN3O6S. The number of nitrogens with zero attached hydrogens (tertiary/aromatic N) is 1. The highest BCUT2D eigenvalue weighted by molar-refractivity contribution is 7.89. The molecule has 0 unspecified atom stereocenters. The van der Waals surface area contributed by atoms with Gasteiger partial charge in [-0.1, -0.05) is 29.8 Å². The zero-order valence-electron chi connectivity index (χ0n) is 24.9. The van der Waals surface area contributed by atoms with Gasteiger partial charge < -0.3 is 14.5 Å². The number of nitrogens with one attached hydrogen (secondary N) is 2. The van der Waals surface area contributed by atoms with Crippen molar-refractivity contribution in [2.45, 2.75) is 44.8 Å². The number of fused-ring (bicyclic) bond motifs is 2. The molecule has 45 heavy (non-hydrogen) atoms. The third kappa shape index (κ3) is 5.33. The first kappa shape index (κ1) is 30.7. The van der Waals surface area contributed by atoms with Crippen LogP contribution in [-0.4, -0.2) is 37.1 Å². The Morgan fingerprint density at radius 1 is 1.07 bits per heavy atom. The molecule has 12 heteroatoms. The van der Waals surface area contributed by atoms with Gasteiger partial charge in [0.2, 0.25) is 15.9 Å². The number of hydrogen-bond donors (Lipinski definition) is 2. The lowest BCUT2D eigenvalue weighted by atomic mass is 9.95. The third-order valence-corrected chi connectivity index (χ3v) is 9.61. The van der Waals surface area contributed by atoms with Gasteiger partial charge in [-0.25, -0.2) is 12.8 Å². The molecule has 3 aromatic carbocycles. The molecule has 1 aliphatic rings. The number of benzene rings is 3. The van der Waals surface area contributed by atoms with Gasteiger partial charge in [0.1, 0.15) is 11.6 Å². The number of pyridine rings is 1. The summed E-state index contributed by atoms with van der Waals surface area (Å²) < 4.78 is 56.4. The molecule has 6 rings (SSSR count). The molecule has 0 radical (unpaired) electrons. The summed E-state index contributed by atoms with van der Waals surface area (Å²) in [4.78, 5) is 30.3. The fourth-order valence-electron chi connectivity index (χ4n) is 5.97. The first-order valence-electron chi connectivity index (χ1n) is 14.5. The van der Waals surface area contributed by atoms with Crippen LogP contribution >= 0.6 is 11.6 Å². The predicted octanol–water partition coefficient (Wildman–Crippen LogP) is 6.05. The molecule has 5 aromatic rings. The molecule has 2 aromatic heterocycles.